The van der Waals surface area contributed by atoms with E-state index < -0.39 is 9.84 Å². The van der Waals surface area contributed by atoms with E-state index in [1.807, 2.05) is 25.4 Å². The van der Waals surface area contributed by atoms with E-state index in [2.05, 4.69) is 10.3 Å². The SMILES string of the molecule is Cc1ccc(S(C)(=O)=O)cc1NCc1scnc1C. The van der Waals surface area contributed by atoms with Gasteiger partial charge < -0.3 is 5.32 Å². The third-order valence-electron chi connectivity index (χ3n) is 2.92. The van der Waals surface area contributed by atoms with Crippen LogP contribution in [0.1, 0.15) is 16.1 Å². The maximum Gasteiger partial charge on any atom is 0.175 e. The van der Waals surface area contributed by atoms with Crippen LogP contribution in [-0.4, -0.2) is 19.7 Å². The minimum atomic E-state index is -3.17. The number of benzene rings is 1. The van der Waals surface area contributed by atoms with Crippen LogP contribution in [0.2, 0.25) is 0 Å². The molecule has 0 aliphatic heterocycles. The first-order chi connectivity index (χ1) is 8.88. The van der Waals surface area contributed by atoms with E-state index in [0.29, 0.717) is 11.4 Å². The van der Waals surface area contributed by atoms with Gasteiger partial charge in [-0.05, 0) is 31.5 Å². The van der Waals surface area contributed by atoms with Crippen LogP contribution in [0.3, 0.4) is 0 Å². The molecule has 6 heteroatoms. The second kappa shape index (κ2) is 5.30. The van der Waals surface area contributed by atoms with Crippen molar-refractivity contribution in [2.45, 2.75) is 25.3 Å². The molecule has 19 heavy (non-hydrogen) atoms. The highest BCUT2D eigenvalue weighted by Crippen LogP contribution is 2.22. The number of hydrogen-bond donors (Lipinski definition) is 1. The zero-order chi connectivity index (χ0) is 14.0. The normalized spacial score (nSPS) is 11.5. The zero-order valence-electron chi connectivity index (χ0n) is 11.1. The lowest BCUT2D eigenvalue weighted by atomic mass is 10.2. The molecule has 0 atom stereocenters. The number of sulfone groups is 1. The van der Waals surface area contributed by atoms with Gasteiger partial charge in [-0.3, -0.25) is 0 Å². The largest absolute Gasteiger partial charge is 0.380 e. The molecule has 2 aromatic rings. The van der Waals surface area contributed by atoms with Gasteiger partial charge in [0, 0.05) is 16.8 Å². The average Bonchev–Trinajstić information content (AvgIpc) is 2.72. The summed E-state index contributed by atoms with van der Waals surface area (Å²) >= 11 is 1.59. The van der Waals surface area contributed by atoms with Crippen molar-refractivity contribution < 1.29 is 8.42 Å². The first kappa shape index (κ1) is 14.0. The number of nitrogens with zero attached hydrogens (tertiary/aromatic N) is 1. The number of hydrogen-bond acceptors (Lipinski definition) is 5. The number of aromatic nitrogens is 1. The molecule has 0 spiro atoms. The fraction of sp³-hybridized carbons (Fsp3) is 0.308. The summed E-state index contributed by atoms with van der Waals surface area (Å²) < 4.78 is 23.1. The van der Waals surface area contributed by atoms with Crippen molar-refractivity contribution in [2.75, 3.05) is 11.6 Å². The molecule has 0 fully saturated rings. The second-order valence-corrected chi connectivity index (χ2v) is 7.42. The number of anilines is 1. The summed E-state index contributed by atoms with van der Waals surface area (Å²) in [5.74, 6) is 0. The Hall–Kier alpha value is -1.40. The van der Waals surface area contributed by atoms with Gasteiger partial charge in [-0.25, -0.2) is 13.4 Å². The summed E-state index contributed by atoms with van der Waals surface area (Å²) in [6.45, 7) is 4.58. The second-order valence-electron chi connectivity index (χ2n) is 4.46. The molecular formula is C13H16N2O2S2. The molecule has 1 N–H and O–H groups in total. The Kier molecular flexibility index (Phi) is 3.91. The van der Waals surface area contributed by atoms with E-state index in [0.717, 1.165) is 21.8 Å². The van der Waals surface area contributed by atoms with E-state index in [4.69, 9.17) is 0 Å². The maximum absolute atomic E-state index is 11.5. The number of aryl methyl sites for hydroxylation is 2. The maximum atomic E-state index is 11.5. The number of rotatable bonds is 4. The molecule has 0 aliphatic rings. The zero-order valence-corrected chi connectivity index (χ0v) is 12.7. The third kappa shape index (κ3) is 3.33. The van der Waals surface area contributed by atoms with Gasteiger partial charge in [0.2, 0.25) is 0 Å². The van der Waals surface area contributed by atoms with Gasteiger partial charge in [0.25, 0.3) is 0 Å². The summed E-state index contributed by atoms with van der Waals surface area (Å²) in [5.41, 5.74) is 4.69. The average molecular weight is 296 g/mol. The molecule has 1 aromatic carbocycles. The highest BCUT2D eigenvalue weighted by molar-refractivity contribution is 7.90. The fourth-order valence-corrected chi connectivity index (χ4v) is 3.06. The van der Waals surface area contributed by atoms with Crippen molar-refractivity contribution in [3.8, 4) is 0 Å². The monoisotopic (exact) mass is 296 g/mol. The van der Waals surface area contributed by atoms with Crippen LogP contribution < -0.4 is 5.32 Å². The third-order valence-corrected chi connectivity index (χ3v) is 4.97. The Bertz CT molecular complexity index is 690. The van der Waals surface area contributed by atoms with Gasteiger partial charge in [0.1, 0.15) is 0 Å². The van der Waals surface area contributed by atoms with Gasteiger partial charge in [-0.1, -0.05) is 6.07 Å². The lowest BCUT2D eigenvalue weighted by molar-refractivity contribution is 0.602. The van der Waals surface area contributed by atoms with E-state index in [9.17, 15) is 8.42 Å². The summed E-state index contributed by atoms with van der Waals surface area (Å²) in [4.78, 5) is 5.68. The number of nitrogens with one attached hydrogen (secondary N) is 1. The molecule has 4 nitrogen and oxygen atoms in total. The van der Waals surface area contributed by atoms with E-state index in [1.165, 1.54) is 6.26 Å². The molecule has 0 aliphatic carbocycles. The topological polar surface area (TPSA) is 59.1 Å². The van der Waals surface area contributed by atoms with E-state index >= 15 is 0 Å². The predicted octanol–water partition coefficient (Wildman–Crippen LogP) is 2.78. The quantitative estimate of drug-likeness (QED) is 0.942. The molecule has 0 amide bonds. The lowest BCUT2D eigenvalue weighted by Gasteiger charge is -2.10. The van der Waals surface area contributed by atoms with E-state index in [-0.39, 0.29) is 0 Å². The van der Waals surface area contributed by atoms with Crippen LogP contribution in [0.25, 0.3) is 0 Å². The van der Waals surface area contributed by atoms with Gasteiger partial charge in [0.05, 0.1) is 22.6 Å². The van der Waals surface area contributed by atoms with Gasteiger partial charge in [-0.2, -0.15) is 0 Å². The van der Waals surface area contributed by atoms with Crippen molar-refractivity contribution in [3.05, 3.63) is 39.8 Å². The van der Waals surface area contributed by atoms with Crippen LogP contribution in [0.4, 0.5) is 5.69 Å². The summed E-state index contributed by atoms with van der Waals surface area (Å²) in [5, 5.41) is 3.27. The molecule has 0 bridgehead atoms. The first-order valence-corrected chi connectivity index (χ1v) is 8.58. The Morgan fingerprint density at radius 2 is 2.05 bits per heavy atom. The van der Waals surface area contributed by atoms with Crippen LogP contribution in [0.15, 0.2) is 28.6 Å². The first-order valence-electron chi connectivity index (χ1n) is 5.81. The molecule has 0 radical (unpaired) electrons. The minimum Gasteiger partial charge on any atom is -0.380 e. The molecule has 0 saturated carbocycles. The van der Waals surface area contributed by atoms with Crippen molar-refractivity contribution >= 4 is 26.9 Å². The van der Waals surface area contributed by atoms with Crippen molar-refractivity contribution in [3.63, 3.8) is 0 Å². The lowest BCUT2D eigenvalue weighted by Crippen LogP contribution is -2.03. The molecule has 102 valence electrons. The highest BCUT2D eigenvalue weighted by Gasteiger charge is 2.10. The van der Waals surface area contributed by atoms with Crippen LogP contribution in [0.5, 0.6) is 0 Å². The van der Waals surface area contributed by atoms with Crippen molar-refractivity contribution in [1.82, 2.24) is 4.98 Å². The van der Waals surface area contributed by atoms with Crippen LogP contribution in [-0.2, 0) is 16.4 Å². The smallest absolute Gasteiger partial charge is 0.175 e. The molecule has 2 rings (SSSR count). The van der Waals surface area contributed by atoms with Gasteiger partial charge in [-0.15, -0.1) is 11.3 Å². The summed E-state index contributed by atoms with van der Waals surface area (Å²) in [6.07, 6.45) is 1.22. The predicted molar refractivity (Wildman–Crippen MR) is 78.5 cm³/mol. The number of thiazole rings is 1. The van der Waals surface area contributed by atoms with Crippen LogP contribution >= 0.6 is 11.3 Å². The Morgan fingerprint density at radius 3 is 2.63 bits per heavy atom. The molecular weight excluding hydrogens is 280 g/mol. The Labute approximate surface area is 117 Å². The molecule has 1 aromatic heterocycles. The van der Waals surface area contributed by atoms with Gasteiger partial charge in [0.15, 0.2) is 9.84 Å². The van der Waals surface area contributed by atoms with Crippen molar-refractivity contribution in [2.24, 2.45) is 0 Å². The van der Waals surface area contributed by atoms with Gasteiger partial charge >= 0.3 is 0 Å². The standard InChI is InChI=1S/C13H16N2O2S2/c1-9-4-5-11(19(3,16)17)6-12(9)14-7-13-10(2)15-8-18-13/h4-6,8,14H,7H2,1-3H3. The Morgan fingerprint density at radius 1 is 1.32 bits per heavy atom. The molecule has 1 heterocycles. The summed E-state index contributed by atoms with van der Waals surface area (Å²) in [6, 6.07) is 5.13. The van der Waals surface area contributed by atoms with Crippen LogP contribution in [0, 0.1) is 13.8 Å². The minimum absolute atomic E-state index is 0.335. The molecule has 0 unspecified atom stereocenters. The summed E-state index contributed by atoms with van der Waals surface area (Å²) in [7, 11) is -3.17. The molecule has 0 saturated heterocycles. The Balaban J connectivity index is 2.23. The fourth-order valence-electron chi connectivity index (χ4n) is 1.69. The van der Waals surface area contributed by atoms with E-state index in [1.54, 1.807) is 23.5 Å². The van der Waals surface area contributed by atoms with Crippen molar-refractivity contribution in [1.29, 1.82) is 0 Å². The highest BCUT2D eigenvalue weighted by atomic mass is 32.2.